The first-order valence-electron chi connectivity index (χ1n) is 8.09. The number of Topliss-reactive ketones (excluding diaryl/α,β-unsaturated/α-hetero) is 3. The van der Waals surface area contributed by atoms with E-state index in [4.69, 9.17) is 0 Å². The summed E-state index contributed by atoms with van der Waals surface area (Å²) in [5.74, 6) is -1.14. The molecule has 0 saturated carbocycles. The quantitative estimate of drug-likeness (QED) is 0.805. The Morgan fingerprint density at radius 3 is 1.92 bits per heavy atom. The zero-order chi connectivity index (χ0) is 16.8. The highest BCUT2D eigenvalue weighted by Gasteiger charge is 2.44. The minimum absolute atomic E-state index is 0.0168. The van der Waals surface area contributed by atoms with E-state index in [1.165, 1.54) is 0 Å². The first kappa shape index (κ1) is 14.8. The molecule has 0 heterocycles. The van der Waals surface area contributed by atoms with Crippen molar-refractivity contribution in [2.24, 2.45) is 5.92 Å². The van der Waals surface area contributed by atoms with Gasteiger partial charge in [0.25, 0.3) is 0 Å². The van der Waals surface area contributed by atoms with Crippen LogP contribution in [0, 0.1) is 5.92 Å². The van der Waals surface area contributed by atoms with Gasteiger partial charge < -0.3 is 0 Å². The van der Waals surface area contributed by atoms with Gasteiger partial charge in [-0.05, 0) is 5.56 Å². The molecule has 0 bridgehead atoms. The lowest BCUT2D eigenvalue weighted by molar-refractivity contribution is -0.122. The van der Waals surface area contributed by atoms with Crippen LogP contribution >= 0.6 is 0 Å². The Hall–Kier alpha value is -2.81. The van der Waals surface area contributed by atoms with Crippen LogP contribution < -0.4 is 0 Å². The molecule has 2 aromatic rings. The van der Waals surface area contributed by atoms with E-state index in [1.807, 2.05) is 30.3 Å². The Bertz CT molecular complexity index is 906. The number of carbonyl (C=O) groups is 3. The first-order chi connectivity index (χ1) is 11.6. The molecule has 2 unspecified atom stereocenters. The Morgan fingerprint density at radius 2 is 1.29 bits per heavy atom. The normalized spacial score (nSPS) is 23.1. The Morgan fingerprint density at radius 1 is 0.750 bits per heavy atom. The molecule has 0 fully saturated rings. The maximum absolute atomic E-state index is 13.1. The van der Waals surface area contributed by atoms with Gasteiger partial charge in [0, 0.05) is 40.5 Å². The Kier molecular flexibility index (Phi) is 3.31. The van der Waals surface area contributed by atoms with Crippen LogP contribution in [0.3, 0.4) is 0 Å². The van der Waals surface area contributed by atoms with Crippen molar-refractivity contribution in [3.8, 4) is 0 Å². The standard InChI is InChI=1S/C21H16O3/c1-12-17(22)11-16(13-7-3-2-4-8-13)19-18(12)20(23)14-9-5-6-10-15(14)21(19)24/h2-10,12,16H,11H2,1H3. The summed E-state index contributed by atoms with van der Waals surface area (Å²) in [6.07, 6.45) is 0.269. The Balaban J connectivity index is 1.97. The van der Waals surface area contributed by atoms with Crippen LogP contribution in [0.25, 0.3) is 0 Å². The van der Waals surface area contributed by atoms with Gasteiger partial charge in [0.2, 0.25) is 0 Å². The highest BCUT2D eigenvalue weighted by atomic mass is 16.1. The van der Waals surface area contributed by atoms with Crippen LogP contribution in [-0.4, -0.2) is 17.3 Å². The summed E-state index contributed by atoms with van der Waals surface area (Å²) in [4.78, 5) is 38.6. The van der Waals surface area contributed by atoms with Crippen molar-refractivity contribution >= 4 is 17.3 Å². The van der Waals surface area contributed by atoms with Crippen molar-refractivity contribution in [1.82, 2.24) is 0 Å². The van der Waals surface area contributed by atoms with Gasteiger partial charge in [-0.15, -0.1) is 0 Å². The number of ketones is 3. The van der Waals surface area contributed by atoms with E-state index in [9.17, 15) is 14.4 Å². The van der Waals surface area contributed by atoms with Crippen molar-refractivity contribution in [2.45, 2.75) is 19.3 Å². The average Bonchev–Trinajstić information content (AvgIpc) is 2.62. The van der Waals surface area contributed by atoms with E-state index in [0.29, 0.717) is 22.3 Å². The molecule has 0 aromatic heterocycles. The minimum Gasteiger partial charge on any atom is -0.299 e. The third-order valence-corrected chi connectivity index (χ3v) is 5.07. The maximum atomic E-state index is 13.1. The summed E-state index contributed by atoms with van der Waals surface area (Å²) in [5.41, 5.74) is 2.67. The SMILES string of the molecule is CC1C(=O)CC(c2ccccc2)C2=C1C(=O)c1ccccc1C2=O. The zero-order valence-corrected chi connectivity index (χ0v) is 13.3. The molecule has 0 aliphatic heterocycles. The lowest BCUT2D eigenvalue weighted by Crippen LogP contribution is -2.36. The van der Waals surface area contributed by atoms with Gasteiger partial charge in [-0.2, -0.15) is 0 Å². The summed E-state index contributed by atoms with van der Waals surface area (Å²) in [5, 5.41) is 0. The van der Waals surface area contributed by atoms with E-state index in [-0.39, 0.29) is 29.7 Å². The fourth-order valence-electron chi connectivity index (χ4n) is 3.80. The van der Waals surface area contributed by atoms with Crippen LogP contribution in [0.4, 0.5) is 0 Å². The van der Waals surface area contributed by atoms with Gasteiger partial charge in [-0.3, -0.25) is 14.4 Å². The summed E-state index contributed by atoms with van der Waals surface area (Å²) < 4.78 is 0. The van der Waals surface area contributed by atoms with E-state index >= 15 is 0 Å². The van der Waals surface area contributed by atoms with E-state index in [2.05, 4.69) is 0 Å². The summed E-state index contributed by atoms with van der Waals surface area (Å²) in [6.45, 7) is 1.73. The van der Waals surface area contributed by atoms with Crippen LogP contribution in [0.2, 0.25) is 0 Å². The topological polar surface area (TPSA) is 51.2 Å². The molecule has 3 nitrogen and oxygen atoms in total. The smallest absolute Gasteiger partial charge is 0.190 e. The molecular weight excluding hydrogens is 300 g/mol. The van der Waals surface area contributed by atoms with Crippen LogP contribution in [0.15, 0.2) is 65.7 Å². The summed E-state index contributed by atoms with van der Waals surface area (Å²) in [6, 6.07) is 16.4. The number of hydrogen-bond acceptors (Lipinski definition) is 3. The zero-order valence-electron chi connectivity index (χ0n) is 13.3. The van der Waals surface area contributed by atoms with E-state index in [0.717, 1.165) is 5.56 Å². The third kappa shape index (κ3) is 2.01. The highest BCUT2D eigenvalue weighted by Crippen LogP contribution is 2.44. The van der Waals surface area contributed by atoms with Crippen LogP contribution in [0.5, 0.6) is 0 Å². The number of carbonyl (C=O) groups excluding carboxylic acids is 3. The number of allylic oxidation sites excluding steroid dienone is 2. The molecule has 4 rings (SSSR count). The predicted octanol–water partition coefficient (Wildman–Crippen LogP) is 3.75. The Labute approximate surface area is 140 Å². The summed E-state index contributed by atoms with van der Waals surface area (Å²) >= 11 is 0. The van der Waals surface area contributed by atoms with Gasteiger partial charge in [-0.1, -0.05) is 61.5 Å². The number of hydrogen-bond donors (Lipinski definition) is 0. The van der Waals surface area contributed by atoms with Gasteiger partial charge in [0.15, 0.2) is 11.6 Å². The molecule has 2 aromatic carbocycles. The molecule has 2 aliphatic carbocycles. The molecule has 3 heteroatoms. The molecule has 0 N–H and O–H groups in total. The number of rotatable bonds is 1. The lowest BCUT2D eigenvalue weighted by Gasteiger charge is -2.33. The predicted molar refractivity (Wildman–Crippen MR) is 90.1 cm³/mol. The number of benzene rings is 2. The molecular formula is C21H16O3. The van der Waals surface area contributed by atoms with Crippen molar-refractivity contribution < 1.29 is 14.4 Å². The van der Waals surface area contributed by atoms with Gasteiger partial charge in [-0.25, -0.2) is 0 Å². The highest BCUT2D eigenvalue weighted by molar-refractivity contribution is 6.29. The first-order valence-corrected chi connectivity index (χ1v) is 8.09. The molecule has 2 aliphatic rings. The average molecular weight is 316 g/mol. The van der Waals surface area contributed by atoms with Gasteiger partial charge in [0.1, 0.15) is 5.78 Å². The van der Waals surface area contributed by atoms with Crippen molar-refractivity contribution in [3.63, 3.8) is 0 Å². The second-order valence-electron chi connectivity index (χ2n) is 6.39. The fourth-order valence-corrected chi connectivity index (χ4v) is 3.80. The third-order valence-electron chi connectivity index (χ3n) is 5.07. The molecule has 118 valence electrons. The molecule has 0 amide bonds. The van der Waals surface area contributed by atoms with E-state index in [1.54, 1.807) is 31.2 Å². The fraction of sp³-hybridized carbons (Fsp3) is 0.190. The van der Waals surface area contributed by atoms with Gasteiger partial charge >= 0.3 is 0 Å². The minimum atomic E-state index is -0.523. The molecule has 2 atom stereocenters. The maximum Gasteiger partial charge on any atom is 0.190 e. The second kappa shape index (κ2) is 5.38. The van der Waals surface area contributed by atoms with Crippen LogP contribution in [-0.2, 0) is 4.79 Å². The van der Waals surface area contributed by atoms with E-state index < -0.39 is 5.92 Å². The van der Waals surface area contributed by atoms with Gasteiger partial charge in [0.05, 0.1) is 0 Å². The molecule has 0 saturated heterocycles. The summed E-state index contributed by atoms with van der Waals surface area (Å²) in [7, 11) is 0. The largest absolute Gasteiger partial charge is 0.299 e. The molecule has 0 radical (unpaired) electrons. The van der Waals surface area contributed by atoms with Crippen molar-refractivity contribution in [1.29, 1.82) is 0 Å². The van der Waals surface area contributed by atoms with Crippen molar-refractivity contribution in [2.75, 3.05) is 0 Å². The number of fused-ring (bicyclic) bond motifs is 1. The second-order valence-corrected chi connectivity index (χ2v) is 6.39. The van der Waals surface area contributed by atoms with Crippen molar-refractivity contribution in [3.05, 3.63) is 82.4 Å². The monoisotopic (exact) mass is 316 g/mol. The lowest BCUT2D eigenvalue weighted by atomic mass is 9.66. The van der Waals surface area contributed by atoms with Crippen LogP contribution in [0.1, 0.15) is 45.5 Å². The molecule has 24 heavy (non-hydrogen) atoms. The molecule has 0 spiro atoms.